The van der Waals surface area contributed by atoms with Crippen LogP contribution in [0.2, 0.25) is 5.02 Å². The zero-order valence-electron chi connectivity index (χ0n) is 19.0. The van der Waals surface area contributed by atoms with Crippen molar-refractivity contribution in [2.24, 2.45) is 0 Å². The third kappa shape index (κ3) is 4.87. The molecule has 2 aliphatic heterocycles. The van der Waals surface area contributed by atoms with Crippen molar-refractivity contribution in [3.8, 4) is 11.6 Å². The molecule has 34 heavy (non-hydrogen) atoms. The van der Waals surface area contributed by atoms with Crippen LogP contribution in [0.4, 0.5) is 10.3 Å². The van der Waals surface area contributed by atoms with Crippen LogP contribution < -0.4 is 9.64 Å². The smallest absolute Gasteiger partial charge is 0.232 e. The molecule has 3 aromatic rings. The molecule has 2 saturated heterocycles. The van der Waals surface area contributed by atoms with E-state index in [-0.39, 0.29) is 17.8 Å². The number of aromatic nitrogens is 4. The Kier molecular flexibility index (Phi) is 6.94. The number of rotatable bonds is 7. The third-order valence-electron chi connectivity index (χ3n) is 6.39. The highest BCUT2D eigenvalue weighted by molar-refractivity contribution is 6.31. The molecular formula is C24H27ClFN5O3. The molecule has 2 aromatic heterocycles. The van der Waals surface area contributed by atoms with Crippen LogP contribution in [-0.4, -0.2) is 59.3 Å². The molecule has 1 atom stereocenters. The largest absolute Gasteiger partial charge is 0.481 e. The van der Waals surface area contributed by atoms with Crippen LogP contribution in [0.25, 0.3) is 5.69 Å². The Morgan fingerprint density at radius 1 is 1.15 bits per heavy atom. The quantitative estimate of drug-likeness (QED) is 0.495. The van der Waals surface area contributed by atoms with Crippen molar-refractivity contribution in [1.29, 1.82) is 0 Å². The standard InChI is InChI=1S/C24H27ClFN5O3/c1-32-23-5-3-18(13-27-23)31-22(15-34-19-7-10-33-11-8-19)28-29-24(31)30-9-6-16(14-30)20-4-2-17(26)12-21(20)25/h2-5,12-13,16,19H,6-11,14-15H2,1H3/t16-/m1/s1. The second-order valence-electron chi connectivity index (χ2n) is 8.53. The van der Waals surface area contributed by atoms with Gasteiger partial charge in [0.25, 0.3) is 0 Å². The molecule has 0 aliphatic carbocycles. The average Bonchev–Trinajstić information content (AvgIpc) is 3.51. The molecule has 0 saturated carbocycles. The molecule has 5 rings (SSSR count). The lowest BCUT2D eigenvalue weighted by Crippen LogP contribution is -2.25. The second-order valence-corrected chi connectivity index (χ2v) is 8.94. The SMILES string of the molecule is COc1ccc(-n2c(COC3CCOCC3)nnc2N2CC[C@@H](c3ccc(F)cc3Cl)C2)cn1. The van der Waals surface area contributed by atoms with Gasteiger partial charge in [0.15, 0.2) is 5.82 Å². The summed E-state index contributed by atoms with van der Waals surface area (Å²) in [7, 11) is 1.59. The summed E-state index contributed by atoms with van der Waals surface area (Å²) >= 11 is 6.34. The lowest BCUT2D eigenvalue weighted by atomic mass is 9.98. The van der Waals surface area contributed by atoms with Crippen LogP contribution in [0.3, 0.4) is 0 Å². The van der Waals surface area contributed by atoms with E-state index in [1.165, 1.54) is 12.1 Å². The predicted octanol–water partition coefficient (Wildman–Crippen LogP) is 4.15. The topological polar surface area (TPSA) is 74.5 Å². The highest BCUT2D eigenvalue weighted by Crippen LogP contribution is 2.35. The van der Waals surface area contributed by atoms with Gasteiger partial charge < -0.3 is 19.1 Å². The molecule has 8 nitrogen and oxygen atoms in total. The molecule has 0 bridgehead atoms. The summed E-state index contributed by atoms with van der Waals surface area (Å²) in [6, 6.07) is 8.35. The maximum absolute atomic E-state index is 13.5. The fraction of sp³-hybridized carbons (Fsp3) is 0.458. The van der Waals surface area contributed by atoms with Gasteiger partial charge >= 0.3 is 0 Å². The minimum Gasteiger partial charge on any atom is -0.481 e. The summed E-state index contributed by atoms with van der Waals surface area (Å²) in [6.45, 7) is 3.25. The summed E-state index contributed by atoms with van der Waals surface area (Å²) in [6.07, 6.45) is 4.52. The van der Waals surface area contributed by atoms with Crippen LogP contribution in [-0.2, 0) is 16.1 Å². The Hall–Kier alpha value is -2.75. The zero-order valence-corrected chi connectivity index (χ0v) is 19.7. The number of methoxy groups -OCH3 is 1. The average molecular weight is 488 g/mol. The highest BCUT2D eigenvalue weighted by atomic mass is 35.5. The van der Waals surface area contributed by atoms with Gasteiger partial charge in [-0.2, -0.15) is 0 Å². The van der Waals surface area contributed by atoms with Gasteiger partial charge in [0, 0.05) is 43.3 Å². The van der Waals surface area contributed by atoms with E-state index in [1.807, 2.05) is 16.7 Å². The van der Waals surface area contributed by atoms with E-state index in [4.69, 9.17) is 25.8 Å². The van der Waals surface area contributed by atoms with Crippen molar-refractivity contribution in [1.82, 2.24) is 19.7 Å². The van der Waals surface area contributed by atoms with E-state index >= 15 is 0 Å². The number of ether oxygens (including phenoxy) is 3. The molecule has 10 heteroatoms. The Balaban J connectivity index is 1.41. The molecule has 1 aromatic carbocycles. The number of anilines is 1. The van der Waals surface area contributed by atoms with E-state index in [9.17, 15) is 4.39 Å². The van der Waals surface area contributed by atoms with Gasteiger partial charge in [-0.1, -0.05) is 17.7 Å². The molecule has 0 radical (unpaired) electrons. The number of benzene rings is 1. The molecule has 2 fully saturated rings. The van der Waals surface area contributed by atoms with E-state index in [2.05, 4.69) is 20.1 Å². The summed E-state index contributed by atoms with van der Waals surface area (Å²) in [5, 5.41) is 9.46. The first-order valence-electron chi connectivity index (χ1n) is 11.5. The number of hydrogen-bond acceptors (Lipinski definition) is 7. The van der Waals surface area contributed by atoms with Crippen molar-refractivity contribution in [3.05, 3.63) is 58.8 Å². The van der Waals surface area contributed by atoms with Crippen LogP contribution >= 0.6 is 11.6 Å². The number of pyridine rings is 1. The second kappa shape index (κ2) is 10.2. The normalized spacial score (nSPS) is 19.0. The molecule has 0 unspecified atom stereocenters. The monoisotopic (exact) mass is 487 g/mol. The summed E-state index contributed by atoms with van der Waals surface area (Å²) in [5.74, 6) is 1.80. The summed E-state index contributed by atoms with van der Waals surface area (Å²) in [5.41, 5.74) is 1.78. The maximum atomic E-state index is 13.5. The summed E-state index contributed by atoms with van der Waals surface area (Å²) in [4.78, 5) is 6.55. The van der Waals surface area contributed by atoms with Gasteiger partial charge in [0.05, 0.1) is 25.1 Å². The lowest BCUT2D eigenvalue weighted by molar-refractivity contribution is -0.0412. The molecule has 0 amide bonds. The number of hydrogen-bond donors (Lipinski definition) is 0. The van der Waals surface area contributed by atoms with E-state index in [0.29, 0.717) is 43.1 Å². The highest BCUT2D eigenvalue weighted by Gasteiger charge is 2.30. The zero-order chi connectivity index (χ0) is 23.5. The number of nitrogens with zero attached hydrogens (tertiary/aromatic N) is 5. The van der Waals surface area contributed by atoms with E-state index < -0.39 is 0 Å². The minimum atomic E-state index is -0.329. The van der Waals surface area contributed by atoms with Crippen LogP contribution in [0.15, 0.2) is 36.5 Å². The summed E-state index contributed by atoms with van der Waals surface area (Å²) < 4.78 is 32.3. The van der Waals surface area contributed by atoms with Gasteiger partial charge in [-0.25, -0.2) is 9.37 Å². The number of halogens is 2. The molecular weight excluding hydrogens is 461 g/mol. The van der Waals surface area contributed by atoms with Crippen molar-refractivity contribution < 1.29 is 18.6 Å². The van der Waals surface area contributed by atoms with Crippen LogP contribution in [0, 0.1) is 5.82 Å². The Morgan fingerprint density at radius 3 is 2.74 bits per heavy atom. The third-order valence-corrected chi connectivity index (χ3v) is 6.72. The minimum absolute atomic E-state index is 0.146. The van der Waals surface area contributed by atoms with Crippen molar-refractivity contribution in [2.75, 3.05) is 38.3 Å². The van der Waals surface area contributed by atoms with Gasteiger partial charge in [-0.15, -0.1) is 10.2 Å². The van der Waals surface area contributed by atoms with E-state index in [1.54, 1.807) is 19.4 Å². The van der Waals surface area contributed by atoms with Gasteiger partial charge in [0.1, 0.15) is 12.4 Å². The Bertz CT molecular complexity index is 1120. The maximum Gasteiger partial charge on any atom is 0.232 e. The molecule has 4 heterocycles. The van der Waals surface area contributed by atoms with Crippen molar-refractivity contribution in [3.63, 3.8) is 0 Å². The first-order valence-corrected chi connectivity index (χ1v) is 11.8. The fourth-order valence-electron chi connectivity index (χ4n) is 4.56. The van der Waals surface area contributed by atoms with Gasteiger partial charge in [-0.05, 0) is 43.0 Å². The van der Waals surface area contributed by atoms with Crippen LogP contribution in [0.1, 0.15) is 36.6 Å². The first-order chi connectivity index (χ1) is 16.6. The Morgan fingerprint density at radius 2 is 2.00 bits per heavy atom. The first kappa shape index (κ1) is 23.0. The fourth-order valence-corrected chi connectivity index (χ4v) is 4.88. The van der Waals surface area contributed by atoms with Crippen LogP contribution in [0.5, 0.6) is 5.88 Å². The molecule has 0 spiro atoms. The lowest BCUT2D eigenvalue weighted by Gasteiger charge is -2.23. The Labute approximate surface area is 202 Å². The van der Waals surface area contributed by atoms with Gasteiger partial charge in [-0.3, -0.25) is 4.57 Å². The molecule has 2 aliphatic rings. The van der Waals surface area contributed by atoms with Crippen molar-refractivity contribution in [2.45, 2.75) is 37.9 Å². The van der Waals surface area contributed by atoms with Crippen molar-refractivity contribution >= 4 is 17.5 Å². The predicted molar refractivity (Wildman–Crippen MR) is 125 cm³/mol. The van der Waals surface area contributed by atoms with Gasteiger partial charge in [0.2, 0.25) is 11.8 Å². The molecule has 0 N–H and O–H groups in total. The van der Waals surface area contributed by atoms with E-state index in [0.717, 1.165) is 43.0 Å². The molecule has 180 valence electrons.